The smallest absolute Gasteiger partial charge is 0.262 e. The average Bonchev–Trinajstić information content (AvgIpc) is 2.87. The fourth-order valence-electron chi connectivity index (χ4n) is 2.32. The highest BCUT2D eigenvalue weighted by Crippen LogP contribution is 2.26. The summed E-state index contributed by atoms with van der Waals surface area (Å²) in [6.07, 6.45) is 1.46. The van der Waals surface area contributed by atoms with Crippen LogP contribution in [0, 0.1) is 6.92 Å². The minimum Gasteiger partial charge on any atom is -0.347 e. The Bertz CT molecular complexity index is 962. The van der Waals surface area contributed by atoms with Crippen LogP contribution in [0.4, 0.5) is 0 Å². The molecule has 7 heteroatoms. The number of fused-ring (bicyclic) bond motifs is 1. The number of nitrogens with zero attached hydrogens (tertiary/aromatic N) is 2. The summed E-state index contributed by atoms with van der Waals surface area (Å²) in [4.78, 5) is 29.9. The third-order valence-corrected chi connectivity index (χ3v) is 5.18. The monoisotopic (exact) mass is 347 g/mol. The van der Waals surface area contributed by atoms with E-state index in [0.29, 0.717) is 32.2 Å². The second kappa shape index (κ2) is 6.14. The van der Waals surface area contributed by atoms with E-state index in [0.717, 1.165) is 5.56 Å². The zero-order chi connectivity index (χ0) is 16.6. The highest BCUT2D eigenvalue weighted by atomic mass is 35.5. The molecule has 0 atom stereocenters. The minimum atomic E-state index is -0.229. The molecule has 0 radical (unpaired) electrons. The first kappa shape index (κ1) is 15.7. The van der Waals surface area contributed by atoms with E-state index in [1.54, 1.807) is 20.0 Å². The van der Waals surface area contributed by atoms with Crippen LogP contribution in [0.1, 0.15) is 20.8 Å². The standard InChI is InChI=1S/C16H14ClN3O2S/c1-9-12-15(19-8-20(2)16(12)22)23-13(9)14(21)18-7-10-5-3-4-6-11(10)17/h3-6,8H,7H2,1-2H3,(H,18,21). The van der Waals surface area contributed by atoms with Gasteiger partial charge < -0.3 is 9.88 Å². The molecule has 1 N–H and O–H groups in total. The van der Waals surface area contributed by atoms with E-state index in [-0.39, 0.29) is 11.5 Å². The number of benzene rings is 1. The van der Waals surface area contributed by atoms with Crippen molar-refractivity contribution in [2.24, 2.45) is 7.05 Å². The van der Waals surface area contributed by atoms with Crippen LogP contribution < -0.4 is 10.9 Å². The first-order valence-corrected chi connectivity index (χ1v) is 8.15. The molecular weight excluding hydrogens is 334 g/mol. The number of carbonyl (C=O) groups excluding carboxylic acids is 1. The Morgan fingerprint density at radius 2 is 2.13 bits per heavy atom. The summed E-state index contributed by atoms with van der Waals surface area (Å²) >= 11 is 7.31. The molecule has 0 spiro atoms. The summed E-state index contributed by atoms with van der Waals surface area (Å²) in [6, 6.07) is 7.34. The van der Waals surface area contributed by atoms with E-state index in [1.807, 2.05) is 18.2 Å². The van der Waals surface area contributed by atoms with Crippen molar-refractivity contribution in [2.75, 3.05) is 0 Å². The number of hydrogen-bond acceptors (Lipinski definition) is 4. The molecule has 23 heavy (non-hydrogen) atoms. The van der Waals surface area contributed by atoms with E-state index < -0.39 is 0 Å². The van der Waals surface area contributed by atoms with Crippen LogP contribution in [0.3, 0.4) is 0 Å². The maximum atomic E-state index is 12.4. The van der Waals surface area contributed by atoms with Crippen LogP contribution in [0.2, 0.25) is 5.02 Å². The van der Waals surface area contributed by atoms with Crippen molar-refractivity contribution in [1.29, 1.82) is 0 Å². The molecule has 5 nitrogen and oxygen atoms in total. The van der Waals surface area contributed by atoms with Gasteiger partial charge in [0.15, 0.2) is 0 Å². The first-order valence-electron chi connectivity index (χ1n) is 6.95. The predicted molar refractivity (Wildman–Crippen MR) is 92.2 cm³/mol. The molecule has 0 aliphatic rings. The van der Waals surface area contributed by atoms with Crippen LogP contribution in [-0.2, 0) is 13.6 Å². The normalized spacial score (nSPS) is 10.9. The Kier molecular flexibility index (Phi) is 4.19. The zero-order valence-electron chi connectivity index (χ0n) is 12.6. The maximum absolute atomic E-state index is 12.4. The van der Waals surface area contributed by atoms with Gasteiger partial charge in [-0.15, -0.1) is 11.3 Å². The highest BCUT2D eigenvalue weighted by molar-refractivity contribution is 7.20. The zero-order valence-corrected chi connectivity index (χ0v) is 14.2. The Morgan fingerprint density at radius 1 is 1.39 bits per heavy atom. The number of halogens is 1. The topological polar surface area (TPSA) is 64.0 Å². The lowest BCUT2D eigenvalue weighted by Crippen LogP contribution is -2.23. The molecule has 0 fully saturated rings. The van der Waals surface area contributed by atoms with Gasteiger partial charge in [0.05, 0.1) is 16.6 Å². The number of aryl methyl sites for hydroxylation is 2. The van der Waals surface area contributed by atoms with Crippen LogP contribution in [0.5, 0.6) is 0 Å². The Hall–Kier alpha value is -2.18. The largest absolute Gasteiger partial charge is 0.347 e. The van der Waals surface area contributed by atoms with E-state index in [2.05, 4.69) is 10.3 Å². The summed E-state index contributed by atoms with van der Waals surface area (Å²) in [5.74, 6) is -0.229. The summed E-state index contributed by atoms with van der Waals surface area (Å²) in [6.45, 7) is 2.10. The van der Waals surface area contributed by atoms with E-state index in [9.17, 15) is 9.59 Å². The molecule has 1 aromatic carbocycles. The predicted octanol–water partition coefficient (Wildman–Crippen LogP) is 2.89. The number of amides is 1. The molecule has 2 aromatic heterocycles. The highest BCUT2D eigenvalue weighted by Gasteiger charge is 2.18. The summed E-state index contributed by atoms with van der Waals surface area (Å²) in [7, 11) is 1.64. The lowest BCUT2D eigenvalue weighted by Gasteiger charge is -2.06. The van der Waals surface area contributed by atoms with Gasteiger partial charge in [0, 0.05) is 18.6 Å². The van der Waals surface area contributed by atoms with Gasteiger partial charge in [0.1, 0.15) is 4.83 Å². The van der Waals surface area contributed by atoms with Crippen molar-refractivity contribution < 1.29 is 4.79 Å². The Morgan fingerprint density at radius 3 is 2.87 bits per heavy atom. The second-order valence-electron chi connectivity index (χ2n) is 5.17. The minimum absolute atomic E-state index is 0.145. The molecule has 0 aliphatic heterocycles. The van der Waals surface area contributed by atoms with Crippen molar-refractivity contribution in [3.63, 3.8) is 0 Å². The summed E-state index contributed by atoms with van der Waals surface area (Å²) in [5, 5.41) is 3.95. The molecule has 118 valence electrons. The van der Waals surface area contributed by atoms with Crippen molar-refractivity contribution in [3.05, 3.63) is 62.0 Å². The van der Waals surface area contributed by atoms with E-state index >= 15 is 0 Å². The van der Waals surface area contributed by atoms with Gasteiger partial charge in [-0.2, -0.15) is 0 Å². The van der Waals surface area contributed by atoms with Crippen molar-refractivity contribution in [2.45, 2.75) is 13.5 Å². The lowest BCUT2D eigenvalue weighted by atomic mass is 10.2. The van der Waals surface area contributed by atoms with Crippen LogP contribution >= 0.6 is 22.9 Å². The summed E-state index contributed by atoms with van der Waals surface area (Å²) < 4.78 is 1.41. The molecular formula is C16H14ClN3O2S. The Balaban J connectivity index is 1.90. The molecule has 0 bridgehead atoms. The summed E-state index contributed by atoms with van der Waals surface area (Å²) in [5.41, 5.74) is 1.36. The number of nitrogens with one attached hydrogen (secondary N) is 1. The maximum Gasteiger partial charge on any atom is 0.262 e. The molecule has 3 aromatic rings. The van der Waals surface area contributed by atoms with Gasteiger partial charge in [0.2, 0.25) is 0 Å². The second-order valence-corrected chi connectivity index (χ2v) is 6.58. The van der Waals surface area contributed by atoms with E-state index in [1.165, 1.54) is 22.2 Å². The van der Waals surface area contributed by atoms with Gasteiger partial charge in [0.25, 0.3) is 11.5 Å². The quantitative estimate of drug-likeness (QED) is 0.792. The number of thiophene rings is 1. The molecule has 2 heterocycles. The van der Waals surface area contributed by atoms with Gasteiger partial charge >= 0.3 is 0 Å². The fraction of sp³-hybridized carbons (Fsp3) is 0.188. The number of hydrogen-bond donors (Lipinski definition) is 1. The van der Waals surface area contributed by atoms with Crippen LogP contribution in [0.15, 0.2) is 35.4 Å². The molecule has 0 aliphatic carbocycles. The molecule has 0 saturated heterocycles. The SMILES string of the molecule is Cc1c(C(=O)NCc2ccccc2Cl)sc2ncn(C)c(=O)c12. The average molecular weight is 348 g/mol. The molecule has 3 rings (SSSR count). The lowest BCUT2D eigenvalue weighted by molar-refractivity contribution is 0.0954. The number of carbonyl (C=O) groups is 1. The van der Waals surface area contributed by atoms with Gasteiger partial charge in [-0.1, -0.05) is 29.8 Å². The first-order chi connectivity index (χ1) is 11.0. The van der Waals surface area contributed by atoms with Crippen molar-refractivity contribution in [3.8, 4) is 0 Å². The van der Waals surface area contributed by atoms with E-state index in [4.69, 9.17) is 11.6 Å². The van der Waals surface area contributed by atoms with Gasteiger partial charge in [-0.05, 0) is 24.1 Å². The Labute approximate surface area is 141 Å². The molecule has 1 amide bonds. The number of rotatable bonds is 3. The number of aromatic nitrogens is 2. The van der Waals surface area contributed by atoms with Crippen molar-refractivity contribution in [1.82, 2.24) is 14.9 Å². The van der Waals surface area contributed by atoms with Crippen LogP contribution in [0.25, 0.3) is 10.2 Å². The third kappa shape index (κ3) is 2.87. The van der Waals surface area contributed by atoms with Gasteiger partial charge in [-0.25, -0.2) is 4.98 Å². The molecule has 0 unspecified atom stereocenters. The van der Waals surface area contributed by atoms with Gasteiger partial charge in [-0.3, -0.25) is 9.59 Å². The molecule has 0 saturated carbocycles. The third-order valence-electron chi connectivity index (χ3n) is 3.61. The fourth-order valence-corrected chi connectivity index (χ4v) is 3.58. The van der Waals surface area contributed by atoms with Crippen molar-refractivity contribution >= 4 is 39.1 Å². The van der Waals surface area contributed by atoms with Crippen LogP contribution in [-0.4, -0.2) is 15.5 Å².